The molecular weight excluding hydrogens is 142 g/mol. The molecule has 0 aromatic heterocycles. The molecule has 0 bridgehead atoms. The zero-order valence-electron chi connectivity index (χ0n) is 6.44. The van der Waals surface area contributed by atoms with Crippen LogP contribution in [0, 0.1) is 0 Å². The summed E-state index contributed by atoms with van der Waals surface area (Å²) in [6.45, 7) is -1.17. The Morgan fingerprint density at radius 2 is 1.70 bits per heavy atom. The smallest absolute Gasteiger partial charge is 0.448 e. The van der Waals surface area contributed by atoms with Crippen LogP contribution in [0.1, 0.15) is 13.8 Å². The first-order chi connectivity index (χ1) is 4.33. The molecule has 0 rings (SSSR count). The number of halogens is 3. The molecule has 1 nitrogen and oxygen atoms in total. The standard InChI is InChI=1S/C5H12BF3N/c1-5(2)10(3)4-6(7,8)9/h5H,4H2,1-3H3/q-1. The minimum atomic E-state index is -4.65. The lowest BCUT2D eigenvalue weighted by atomic mass is 9.91. The fourth-order valence-corrected chi connectivity index (χ4v) is 0.537. The van der Waals surface area contributed by atoms with Crippen molar-refractivity contribution in [3.8, 4) is 0 Å². The van der Waals surface area contributed by atoms with Crippen molar-refractivity contribution in [3.05, 3.63) is 0 Å². The van der Waals surface area contributed by atoms with Gasteiger partial charge in [0, 0.05) is 6.04 Å². The van der Waals surface area contributed by atoms with Gasteiger partial charge in [0.05, 0.1) is 0 Å². The Labute approximate surface area is 59.3 Å². The van der Waals surface area contributed by atoms with Gasteiger partial charge >= 0.3 is 6.98 Å². The van der Waals surface area contributed by atoms with E-state index in [1.54, 1.807) is 13.8 Å². The third-order valence-electron chi connectivity index (χ3n) is 1.38. The molecule has 0 radical (unpaired) electrons. The van der Waals surface area contributed by atoms with Crippen LogP contribution < -0.4 is 0 Å². The minimum absolute atomic E-state index is 0.0384. The van der Waals surface area contributed by atoms with Gasteiger partial charge in [0.1, 0.15) is 0 Å². The van der Waals surface area contributed by atoms with Crippen molar-refractivity contribution < 1.29 is 12.9 Å². The average Bonchev–Trinajstić information content (AvgIpc) is 1.60. The van der Waals surface area contributed by atoms with Crippen LogP contribution in [0.3, 0.4) is 0 Å². The first kappa shape index (κ1) is 9.81. The van der Waals surface area contributed by atoms with Gasteiger partial charge in [-0.05, 0) is 27.3 Å². The van der Waals surface area contributed by atoms with E-state index in [2.05, 4.69) is 0 Å². The van der Waals surface area contributed by atoms with Crippen LogP contribution in [0.15, 0.2) is 0 Å². The zero-order chi connectivity index (χ0) is 8.36. The van der Waals surface area contributed by atoms with E-state index in [1.807, 2.05) is 0 Å². The fraction of sp³-hybridized carbons (Fsp3) is 1.00. The van der Waals surface area contributed by atoms with Crippen molar-refractivity contribution >= 4 is 6.98 Å². The van der Waals surface area contributed by atoms with Crippen LogP contribution in [0.5, 0.6) is 0 Å². The predicted molar refractivity (Wildman–Crippen MR) is 36.8 cm³/mol. The SMILES string of the molecule is CC(C)N(C)C[B-](F)(F)F. The maximum Gasteiger partial charge on any atom is 0.492 e. The molecule has 0 saturated heterocycles. The molecule has 0 aliphatic rings. The summed E-state index contributed by atoms with van der Waals surface area (Å²) < 4.78 is 35.1. The largest absolute Gasteiger partial charge is 0.492 e. The van der Waals surface area contributed by atoms with E-state index in [9.17, 15) is 12.9 Å². The van der Waals surface area contributed by atoms with Crippen LogP contribution in [-0.4, -0.2) is 31.4 Å². The second-order valence-electron chi connectivity index (χ2n) is 2.74. The summed E-state index contributed by atoms with van der Waals surface area (Å²) in [4.78, 5) is 1.28. The average molecular weight is 154 g/mol. The Morgan fingerprint density at radius 3 is 1.80 bits per heavy atom. The monoisotopic (exact) mass is 154 g/mol. The van der Waals surface area contributed by atoms with E-state index in [1.165, 1.54) is 11.9 Å². The molecule has 0 heterocycles. The van der Waals surface area contributed by atoms with E-state index in [-0.39, 0.29) is 6.04 Å². The topological polar surface area (TPSA) is 3.24 Å². The molecule has 0 saturated carbocycles. The lowest BCUT2D eigenvalue weighted by Crippen LogP contribution is -2.39. The second-order valence-corrected chi connectivity index (χ2v) is 2.74. The molecule has 0 spiro atoms. The molecule has 0 aliphatic heterocycles. The van der Waals surface area contributed by atoms with Crippen molar-refractivity contribution in [2.45, 2.75) is 19.9 Å². The lowest BCUT2D eigenvalue weighted by molar-refractivity contribution is 0.278. The highest BCUT2D eigenvalue weighted by Gasteiger charge is 2.25. The van der Waals surface area contributed by atoms with Crippen molar-refractivity contribution in [1.29, 1.82) is 0 Å². The highest BCUT2D eigenvalue weighted by molar-refractivity contribution is 6.58. The van der Waals surface area contributed by atoms with E-state index in [0.717, 1.165) is 0 Å². The van der Waals surface area contributed by atoms with Crippen LogP contribution in [0.25, 0.3) is 0 Å². The van der Waals surface area contributed by atoms with Gasteiger partial charge in [-0.2, -0.15) is 0 Å². The fourth-order valence-electron chi connectivity index (χ4n) is 0.537. The van der Waals surface area contributed by atoms with Gasteiger partial charge in [-0.15, -0.1) is 0 Å². The third kappa shape index (κ3) is 4.67. The zero-order valence-corrected chi connectivity index (χ0v) is 6.44. The number of rotatable bonds is 3. The van der Waals surface area contributed by atoms with Gasteiger partial charge in [0.15, 0.2) is 0 Å². The van der Waals surface area contributed by atoms with Crippen LogP contribution in [0.2, 0.25) is 0 Å². The van der Waals surface area contributed by atoms with Crippen molar-refractivity contribution in [3.63, 3.8) is 0 Å². The van der Waals surface area contributed by atoms with Gasteiger partial charge in [0.2, 0.25) is 0 Å². The Bertz CT molecular complexity index is 102. The molecule has 5 heteroatoms. The summed E-state index contributed by atoms with van der Waals surface area (Å²) in [6.07, 6.45) is -0.766. The predicted octanol–water partition coefficient (Wildman–Crippen LogP) is 1.71. The summed E-state index contributed by atoms with van der Waals surface area (Å²) in [5.74, 6) is 0. The molecule has 0 unspecified atom stereocenters. The first-order valence-corrected chi connectivity index (χ1v) is 3.24. The Balaban J connectivity index is 3.68. The van der Waals surface area contributed by atoms with Gasteiger partial charge in [-0.1, -0.05) is 0 Å². The van der Waals surface area contributed by atoms with E-state index >= 15 is 0 Å². The Morgan fingerprint density at radius 1 is 1.30 bits per heavy atom. The number of hydrogen-bond acceptors (Lipinski definition) is 1. The molecule has 10 heavy (non-hydrogen) atoms. The molecular formula is C5H12BF3N-. The highest BCUT2D eigenvalue weighted by atomic mass is 19.4. The van der Waals surface area contributed by atoms with E-state index in [4.69, 9.17) is 0 Å². The van der Waals surface area contributed by atoms with Crippen molar-refractivity contribution in [2.75, 3.05) is 13.5 Å². The van der Waals surface area contributed by atoms with Crippen LogP contribution >= 0.6 is 0 Å². The third-order valence-corrected chi connectivity index (χ3v) is 1.38. The van der Waals surface area contributed by atoms with Gasteiger partial charge in [-0.25, -0.2) is 0 Å². The normalized spacial score (nSPS) is 13.2. The molecule has 62 valence electrons. The Hall–Kier alpha value is -0.185. The van der Waals surface area contributed by atoms with Gasteiger partial charge < -0.3 is 17.8 Å². The minimum Gasteiger partial charge on any atom is -0.448 e. The first-order valence-electron chi connectivity index (χ1n) is 3.24. The van der Waals surface area contributed by atoms with Crippen LogP contribution in [0.4, 0.5) is 12.9 Å². The van der Waals surface area contributed by atoms with E-state index < -0.39 is 13.4 Å². The molecule has 0 aromatic carbocycles. The van der Waals surface area contributed by atoms with Gasteiger partial charge in [-0.3, -0.25) is 0 Å². The van der Waals surface area contributed by atoms with Crippen molar-refractivity contribution in [1.82, 2.24) is 4.90 Å². The molecule has 0 N–H and O–H groups in total. The summed E-state index contributed by atoms with van der Waals surface area (Å²) in [5, 5.41) is 0. The molecule has 0 aliphatic carbocycles. The summed E-state index contributed by atoms with van der Waals surface area (Å²) in [6, 6.07) is -0.0384. The number of hydrogen-bond donors (Lipinski definition) is 0. The van der Waals surface area contributed by atoms with E-state index in [0.29, 0.717) is 0 Å². The summed E-state index contributed by atoms with van der Waals surface area (Å²) in [5.41, 5.74) is 0. The summed E-state index contributed by atoms with van der Waals surface area (Å²) in [7, 11) is 1.47. The summed E-state index contributed by atoms with van der Waals surface area (Å²) >= 11 is 0. The van der Waals surface area contributed by atoms with Gasteiger partial charge in [0.25, 0.3) is 0 Å². The number of nitrogens with zero attached hydrogens (tertiary/aromatic N) is 1. The molecule has 0 fully saturated rings. The highest BCUT2D eigenvalue weighted by Crippen LogP contribution is 2.10. The molecule has 0 amide bonds. The molecule has 0 atom stereocenters. The maximum absolute atomic E-state index is 11.7. The Kier molecular flexibility index (Phi) is 3.22. The molecule has 0 aromatic rings. The second kappa shape index (κ2) is 3.28. The lowest BCUT2D eigenvalue weighted by Gasteiger charge is -2.26. The maximum atomic E-state index is 11.7. The van der Waals surface area contributed by atoms with Crippen molar-refractivity contribution in [2.24, 2.45) is 0 Å². The van der Waals surface area contributed by atoms with Crippen LogP contribution in [-0.2, 0) is 0 Å². The quantitative estimate of drug-likeness (QED) is 0.559.